The first-order chi connectivity index (χ1) is 16.8. The van der Waals surface area contributed by atoms with E-state index in [2.05, 4.69) is 35.1 Å². The molecule has 0 aromatic heterocycles. The maximum absolute atomic E-state index is 13.2. The molecular weight excluding hydrogens is 522 g/mol. The van der Waals surface area contributed by atoms with Crippen LogP contribution in [-0.4, -0.2) is 39.2 Å². The van der Waals surface area contributed by atoms with Crippen molar-refractivity contribution in [1.29, 1.82) is 0 Å². The number of aliphatic hydroxyl groups excluding tert-OH is 1. The molecule has 0 radical (unpaired) electrons. The molecule has 3 aliphatic carbocycles. The molecule has 5 aliphatic rings. The Hall–Kier alpha value is -1.96. The lowest BCUT2D eigenvalue weighted by Crippen LogP contribution is -2.72. The average molecular weight is 556 g/mol. The first-order valence-corrected chi connectivity index (χ1v) is 13.8. The summed E-state index contributed by atoms with van der Waals surface area (Å²) in [6.45, 7) is 8.40. The van der Waals surface area contributed by atoms with Crippen LogP contribution in [0.1, 0.15) is 80.9 Å². The third-order valence-electron chi connectivity index (χ3n) is 10.4. The summed E-state index contributed by atoms with van der Waals surface area (Å²) in [6.07, 6.45) is 7.51. The van der Waals surface area contributed by atoms with Gasteiger partial charge in [-0.15, -0.1) is 0 Å². The Bertz CT molecular complexity index is 1250. The Morgan fingerprint density at radius 3 is 2.61 bits per heavy atom. The molecule has 2 unspecified atom stereocenters. The van der Waals surface area contributed by atoms with Crippen molar-refractivity contribution >= 4 is 27.6 Å². The van der Waals surface area contributed by atoms with Crippen molar-refractivity contribution in [3.63, 3.8) is 0 Å². The predicted molar refractivity (Wildman–Crippen MR) is 139 cm³/mol. The van der Waals surface area contributed by atoms with E-state index in [1.807, 2.05) is 38.1 Å². The molecule has 1 amide bonds. The third-order valence-corrected chi connectivity index (χ3v) is 11.0. The van der Waals surface area contributed by atoms with Crippen molar-refractivity contribution in [3.05, 3.63) is 51.5 Å². The Kier molecular flexibility index (Phi) is 5.11. The van der Waals surface area contributed by atoms with Crippen LogP contribution in [0.5, 0.6) is 5.75 Å². The van der Waals surface area contributed by atoms with E-state index in [4.69, 9.17) is 4.74 Å². The number of ether oxygens (including phenoxy) is 1. The molecule has 2 fully saturated rings. The van der Waals surface area contributed by atoms with Gasteiger partial charge in [-0.2, -0.15) is 0 Å². The van der Waals surface area contributed by atoms with Crippen LogP contribution in [-0.2, 0) is 11.2 Å². The summed E-state index contributed by atoms with van der Waals surface area (Å²) in [5, 5.41) is 25.7. The zero-order chi connectivity index (χ0) is 25.8. The summed E-state index contributed by atoms with van der Waals surface area (Å²) in [6, 6.07) is 3.17. The number of hydrogen-bond donors (Lipinski definition) is 3. The standard InChI is InChI=1S/C29H34BrNO5/c1-15-5-8-20-26(2,3)24(33)19(32)14-29(20)27(15,4)13-16-6-7-18-21(22(16)36-29)23(31-25(18)34)28(35)11-9-17(30)10-12-28/h6-7,9-11,15,19-20,23,32,35H,5,8,12-14H2,1-4H3,(H,31,34)/t15-,19+,20?,23+,27+,28?,29-/m0/s1. The number of rotatable bonds is 1. The summed E-state index contributed by atoms with van der Waals surface area (Å²) < 4.78 is 8.06. The second kappa shape index (κ2) is 7.55. The van der Waals surface area contributed by atoms with Crippen molar-refractivity contribution < 1.29 is 24.5 Å². The zero-order valence-corrected chi connectivity index (χ0v) is 22.8. The van der Waals surface area contributed by atoms with Crippen LogP contribution in [0.15, 0.2) is 34.8 Å². The minimum atomic E-state index is -1.30. The van der Waals surface area contributed by atoms with Crippen LogP contribution in [0.25, 0.3) is 0 Å². The number of halogens is 1. The largest absolute Gasteiger partial charge is 0.486 e. The SMILES string of the molecule is C[C@H]1CCC2C(C)(C)C(=O)[C@H](O)C[C@]23Oc2c(ccc4c2[C@H](C2(O)C=CC(Br)=CC2)NC4=O)C[C@]13C. The third kappa shape index (κ3) is 2.96. The van der Waals surface area contributed by atoms with Gasteiger partial charge in [0.1, 0.15) is 23.1 Å². The van der Waals surface area contributed by atoms with Gasteiger partial charge in [0.15, 0.2) is 5.78 Å². The molecule has 7 atom stereocenters. The molecule has 0 bridgehead atoms. The number of nitrogens with one attached hydrogen (secondary N) is 1. The van der Waals surface area contributed by atoms with E-state index in [0.717, 1.165) is 29.3 Å². The number of ketones is 1. The van der Waals surface area contributed by atoms with Gasteiger partial charge in [-0.3, -0.25) is 9.59 Å². The molecule has 1 spiro atoms. The quantitative estimate of drug-likeness (QED) is 0.473. The molecule has 2 aliphatic heterocycles. The number of Topliss-reactive ketones (excluding diaryl/α,β-unsaturated/α-hetero) is 1. The predicted octanol–water partition coefficient (Wildman–Crippen LogP) is 4.53. The smallest absolute Gasteiger partial charge is 0.252 e. The number of fused-ring (bicyclic) bond motifs is 3. The van der Waals surface area contributed by atoms with Gasteiger partial charge in [0.05, 0.1) is 6.04 Å². The molecule has 1 aromatic rings. The van der Waals surface area contributed by atoms with E-state index in [0.29, 0.717) is 29.2 Å². The van der Waals surface area contributed by atoms with Gasteiger partial charge in [0.2, 0.25) is 0 Å². The van der Waals surface area contributed by atoms with E-state index in [1.54, 1.807) is 6.08 Å². The summed E-state index contributed by atoms with van der Waals surface area (Å²) in [5.74, 6) is 0.563. The van der Waals surface area contributed by atoms with Crippen LogP contribution in [0.2, 0.25) is 0 Å². The highest BCUT2D eigenvalue weighted by Crippen LogP contribution is 2.66. The molecule has 1 aromatic carbocycles. The molecule has 7 heteroatoms. The van der Waals surface area contributed by atoms with Gasteiger partial charge in [-0.25, -0.2) is 0 Å². The Morgan fingerprint density at radius 2 is 1.92 bits per heavy atom. The lowest BCUT2D eigenvalue weighted by molar-refractivity contribution is -0.224. The molecule has 6 nitrogen and oxygen atoms in total. The van der Waals surface area contributed by atoms with Crippen LogP contribution < -0.4 is 10.1 Å². The van der Waals surface area contributed by atoms with Gasteiger partial charge in [-0.1, -0.05) is 55.8 Å². The highest BCUT2D eigenvalue weighted by Gasteiger charge is 2.69. The van der Waals surface area contributed by atoms with Crippen molar-refractivity contribution in [2.24, 2.45) is 22.7 Å². The lowest BCUT2D eigenvalue weighted by Gasteiger charge is -2.66. The maximum Gasteiger partial charge on any atom is 0.252 e. The topological polar surface area (TPSA) is 95.9 Å². The summed E-state index contributed by atoms with van der Waals surface area (Å²) in [4.78, 5) is 26.2. The van der Waals surface area contributed by atoms with Crippen LogP contribution in [0, 0.1) is 22.7 Å². The normalized spacial score (nSPS) is 42.4. The van der Waals surface area contributed by atoms with Crippen LogP contribution >= 0.6 is 15.9 Å². The summed E-state index contributed by atoms with van der Waals surface area (Å²) in [5.41, 5.74) is -0.862. The molecule has 192 valence electrons. The van der Waals surface area contributed by atoms with E-state index in [1.165, 1.54) is 0 Å². The van der Waals surface area contributed by atoms with Gasteiger partial charge < -0.3 is 20.3 Å². The van der Waals surface area contributed by atoms with Crippen molar-refractivity contribution in [2.75, 3.05) is 0 Å². The number of benzene rings is 1. The van der Waals surface area contributed by atoms with Crippen molar-refractivity contribution in [1.82, 2.24) is 5.32 Å². The Labute approximate surface area is 220 Å². The molecule has 6 rings (SSSR count). The number of carbonyl (C=O) groups excluding carboxylic acids is 2. The first-order valence-electron chi connectivity index (χ1n) is 13.0. The van der Waals surface area contributed by atoms with Gasteiger partial charge in [-0.05, 0) is 49.0 Å². The zero-order valence-electron chi connectivity index (χ0n) is 21.2. The van der Waals surface area contributed by atoms with E-state index in [-0.39, 0.29) is 29.4 Å². The number of amides is 1. The second-order valence-electron chi connectivity index (χ2n) is 12.5. The molecule has 2 heterocycles. The van der Waals surface area contributed by atoms with E-state index < -0.39 is 28.8 Å². The number of carbonyl (C=O) groups is 2. The number of aliphatic hydroxyl groups is 2. The Morgan fingerprint density at radius 1 is 1.17 bits per heavy atom. The van der Waals surface area contributed by atoms with Gasteiger partial charge >= 0.3 is 0 Å². The highest BCUT2D eigenvalue weighted by molar-refractivity contribution is 9.11. The molecular formula is C29H34BrNO5. The van der Waals surface area contributed by atoms with Crippen LogP contribution in [0.3, 0.4) is 0 Å². The molecule has 2 saturated carbocycles. The number of allylic oxidation sites excluding steroid dienone is 2. The summed E-state index contributed by atoms with van der Waals surface area (Å²) in [7, 11) is 0. The maximum atomic E-state index is 13.2. The fourth-order valence-corrected chi connectivity index (χ4v) is 8.39. The second-order valence-corrected chi connectivity index (χ2v) is 13.4. The van der Waals surface area contributed by atoms with Crippen molar-refractivity contribution in [3.8, 4) is 5.75 Å². The minimum absolute atomic E-state index is 0.0637. The fourth-order valence-electron chi connectivity index (χ4n) is 8.09. The van der Waals surface area contributed by atoms with E-state index in [9.17, 15) is 19.8 Å². The molecule has 0 saturated heterocycles. The summed E-state index contributed by atoms with van der Waals surface area (Å²) >= 11 is 3.46. The van der Waals surface area contributed by atoms with Gasteiger partial charge in [0, 0.05) is 45.2 Å². The molecule has 3 N–H and O–H groups in total. The van der Waals surface area contributed by atoms with Gasteiger partial charge in [0.25, 0.3) is 5.91 Å². The lowest BCUT2D eigenvalue weighted by atomic mass is 9.43. The monoisotopic (exact) mass is 555 g/mol. The Balaban J connectivity index is 1.54. The first kappa shape index (κ1) is 24.4. The van der Waals surface area contributed by atoms with E-state index >= 15 is 0 Å². The van der Waals surface area contributed by atoms with Crippen LogP contribution in [0.4, 0.5) is 0 Å². The average Bonchev–Trinajstić information content (AvgIpc) is 3.17. The fraction of sp³-hybridized carbons (Fsp3) is 0.586. The van der Waals surface area contributed by atoms with Crippen molar-refractivity contribution in [2.45, 2.75) is 83.1 Å². The minimum Gasteiger partial charge on any atom is -0.486 e. The molecule has 36 heavy (non-hydrogen) atoms. The highest BCUT2D eigenvalue weighted by atomic mass is 79.9. The number of hydrogen-bond acceptors (Lipinski definition) is 5.